The number of halogens is 1. The van der Waals surface area contributed by atoms with E-state index < -0.39 is 17.4 Å². The van der Waals surface area contributed by atoms with Gasteiger partial charge in [-0.05, 0) is 39.7 Å². The van der Waals surface area contributed by atoms with Crippen LogP contribution in [0.25, 0.3) is 0 Å². The number of benzene rings is 2. The van der Waals surface area contributed by atoms with Crippen LogP contribution in [0.2, 0.25) is 0 Å². The van der Waals surface area contributed by atoms with Crippen LogP contribution < -0.4 is 14.9 Å². The fourth-order valence-corrected chi connectivity index (χ4v) is 2.37. The molecule has 0 aliphatic rings. The summed E-state index contributed by atoms with van der Waals surface area (Å²) in [5.41, 5.74) is 2.57. The Morgan fingerprint density at radius 1 is 1.38 bits per heavy atom. The van der Waals surface area contributed by atoms with E-state index in [0.29, 0.717) is 10.0 Å². The summed E-state index contributed by atoms with van der Waals surface area (Å²) in [6.07, 6.45) is 1.34. The Hall–Kier alpha value is -3.14. The Morgan fingerprint density at radius 3 is 2.81 bits per heavy atom. The van der Waals surface area contributed by atoms with E-state index in [1.54, 1.807) is 12.1 Å². The number of nitrogens with zero attached hydrogens (tertiary/aromatic N) is 2. The van der Waals surface area contributed by atoms with Gasteiger partial charge in [0.15, 0.2) is 23.9 Å². The van der Waals surface area contributed by atoms with Gasteiger partial charge in [-0.15, -0.1) is 0 Å². The molecule has 2 aromatic rings. The van der Waals surface area contributed by atoms with E-state index in [2.05, 4.69) is 26.5 Å². The topological polar surface area (TPSA) is 123 Å². The molecule has 0 heterocycles. The lowest BCUT2D eigenvalue weighted by molar-refractivity contribution is -0.385. The molecule has 0 atom stereocenters. The van der Waals surface area contributed by atoms with Crippen molar-refractivity contribution in [1.82, 2.24) is 5.43 Å². The Bertz CT molecular complexity index is 856. The van der Waals surface area contributed by atoms with Crippen LogP contribution in [0.15, 0.2) is 46.0 Å². The molecule has 2 N–H and O–H groups in total. The normalized spacial score (nSPS) is 10.5. The number of carbonyl (C=O) groups is 1. The van der Waals surface area contributed by atoms with E-state index in [4.69, 9.17) is 9.47 Å². The fourth-order valence-electron chi connectivity index (χ4n) is 1.91. The van der Waals surface area contributed by atoms with Gasteiger partial charge < -0.3 is 14.6 Å². The summed E-state index contributed by atoms with van der Waals surface area (Å²) in [6.45, 7) is -0.440. The molecule has 0 spiro atoms. The Kier molecular flexibility index (Phi) is 6.50. The van der Waals surface area contributed by atoms with Crippen molar-refractivity contribution >= 4 is 33.7 Å². The molecule has 10 heteroatoms. The number of phenolic OH excluding ortho intramolecular Hbond substituents is 1. The number of nitrogens with one attached hydrogen (secondary N) is 1. The number of hydrogen-bond donors (Lipinski definition) is 2. The first-order valence-corrected chi connectivity index (χ1v) is 7.96. The Morgan fingerprint density at radius 2 is 2.12 bits per heavy atom. The van der Waals surface area contributed by atoms with Crippen LogP contribution in [0.5, 0.6) is 17.2 Å². The van der Waals surface area contributed by atoms with Crippen molar-refractivity contribution in [3.8, 4) is 17.2 Å². The third kappa shape index (κ3) is 4.93. The molecule has 136 valence electrons. The maximum absolute atomic E-state index is 11.7. The second-order valence-electron chi connectivity index (χ2n) is 4.86. The molecule has 2 aromatic carbocycles. The van der Waals surface area contributed by atoms with Crippen LogP contribution in [0.4, 0.5) is 5.69 Å². The van der Waals surface area contributed by atoms with E-state index >= 15 is 0 Å². The summed E-state index contributed by atoms with van der Waals surface area (Å²) < 4.78 is 10.6. The average molecular weight is 424 g/mol. The highest BCUT2D eigenvalue weighted by molar-refractivity contribution is 9.10. The molecule has 26 heavy (non-hydrogen) atoms. The van der Waals surface area contributed by atoms with Gasteiger partial charge in [-0.2, -0.15) is 5.10 Å². The van der Waals surface area contributed by atoms with E-state index in [0.717, 1.165) is 0 Å². The number of methoxy groups -OCH3 is 1. The molecule has 0 saturated heterocycles. The zero-order chi connectivity index (χ0) is 19.1. The van der Waals surface area contributed by atoms with E-state index in [-0.39, 0.29) is 22.9 Å². The van der Waals surface area contributed by atoms with Crippen LogP contribution in [0.3, 0.4) is 0 Å². The molecule has 0 radical (unpaired) electrons. The molecule has 0 aromatic heterocycles. The van der Waals surface area contributed by atoms with Gasteiger partial charge in [-0.3, -0.25) is 14.9 Å². The van der Waals surface area contributed by atoms with E-state index in [9.17, 15) is 20.0 Å². The van der Waals surface area contributed by atoms with Gasteiger partial charge in [0.2, 0.25) is 0 Å². The first kappa shape index (κ1) is 19.2. The number of aromatic hydroxyl groups is 1. The monoisotopic (exact) mass is 423 g/mol. The van der Waals surface area contributed by atoms with Crippen molar-refractivity contribution in [3.05, 3.63) is 56.5 Å². The molecule has 0 aliphatic heterocycles. The largest absolute Gasteiger partial charge is 0.503 e. The average Bonchev–Trinajstić information content (AvgIpc) is 2.62. The second-order valence-corrected chi connectivity index (χ2v) is 5.71. The molecular weight excluding hydrogens is 410 g/mol. The molecule has 0 bridgehead atoms. The zero-order valence-electron chi connectivity index (χ0n) is 13.5. The molecular formula is C16H14BrN3O6. The predicted molar refractivity (Wildman–Crippen MR) is 96.7 cm³/mol. The van der Waals surface area contributed by atoms with Gasteiger partial charge >= 0.3 is 5.69 Å². The molecule has 0 aliphatic carbocycles. The lowest BCUT2D eigenvalue weighted by Gasteiger charge is -2.06. The lowest BCUT2D eigenvalue weighted by Crippen LogP contribution is -2.24. The molecule has 2 rings (SSSR count). The molecule has 0 unspecified atom stereocenters. The summed E-state index contributed by atoms with van der Waals surface area (Å²) >= 11 is 3.17. The van der Waals surface area contributed by atoms with Crippen LogP contribution >= 0.6 is 15.9 Å². The third-order valence-corrected chi connectivity index (χ3v) is 3.70. The van der Waals surface area contributed by atoms with Crippen molar-refractivity contribution in [2.75, 3.05) is 13.7 Å². The van der Waals surface area contributed by atoms with Gasteiger partial charge in [0, 0.05) is 6.07 Å². The number of amides is 1. The molecule has 0 fully saturated rings. The van der Waals surface area contributed by atoms with Crippen LogP contribution in [0.1, 0.15) is 5.56 Å². The highest BCUT2D eigenvalue weighted by Gasteiger charge is 2.14. The molecule has 9 nitrogen and oxygen atoms in total. The van der Waals surface area contributed by atoms with Crippen molar-refractivity contribution in [1.29, 1.82) is 0 Å². The number of phenols is 1. The number of ether oxygens (including phenoxy) is 2. The second kappa shape index (κ2) is 8.81. The summed E-state index contributed by atoms with van der Waals surface area (Å²) in [4.78, 5) is 22.0. The van der Waals surface area contributed by atoms with Gasteiger partial charge in [-0.1, -0.05) is 12.1 Å². The Labute approximate surface area is 156 Å². The van der Waals surface area contributed by atoms with Gasteiger partial charge in [0.25, 0.3) is 5.91 Å². The van der Waals surface area contributed by atoms with Crippen LogP contribution in [0, 0.1) is 10.1 Å². The fraction of sp³-hybridized carbons (Fsp3) is 0.125. The SMILES string of the molecule is COc1cc(C=NNC(=O)COc2ccccc2[N+](=O)[O-])cc(Br)c1O. The zero-order valence-corrected chi connectivity index (χ0v) is 15.1. The smallest absolute Gasteiger partial charge is 0.310 e. The number of nitro groups is 1. The standard InChI is InChI=1S/C16H14BrN3O6/c1-25-14-7-10(6-11(17)16(14)22)8-18-19-15(21)9-26-13-5-3-2-4-12(13)20(23)24/h2-8,22H,9H2,1H3,(H,19,21). The quantitative estimate of drug-likeness (QED) is 0.400. The summed E-state index contributed by atoms with van der Waals surface area (Å²) in [7, 11) is 1.41. The summed E-state index contributed by atoms with van der Waals surface area (Å²) in [5.74, 6) is -0.411. The highest BCUT2D eigenvalue weighted by Crippen LogP contribution is 2.34. The van der Waals surface area contributed by atoms with Gasteiger partial charge in [0.05, 0.1) is 22.7 Å². The molecule has 1 amide bonds. The number of nitro benzene ring substituents is 1. The van der Waals surface area contributed by atoms with Gasteiger partial charge in [0.1, 0.15) is 0 Å². The third-order valence-electron chi connectivity index (χ3n) is 3.09. The van der Waals surface area contributed by atoms with E-state index in [1.807, 2.05) is 0 Å². The van der Waals surface area contributed by atoms with E-state index in [1.165, 1.54) is 37.6 Å². The van der Waals surface area contributed by atoms with Crippen molar-refractivity contribution in [2.45, 2.75) is 0 Å². The first-order valence-electron chi connectivity index (χ1n) is 7.17. The lowest BCUT2D eigenvalue weighted by atomic mass is 10.2. The van der Waals surface area contributed by atoms with Gasteiger partial charge in [-0.25, -0.2) is 5.43 Å². The van der Waals surface area contributed by atoms with Crippen LogP contribution in [-0.2, 0) is 4.79 Å². The number of carbonyl (C=O) groups excluding carboxylic acids is 1. The number of hydrazone groups is 1. The summed E-state index contributed by atoms with van der Waals surface area (Å²) in [5, 5.41) is 24.4. The van der Waals surface area contributed by atoms with Crippen molar-refractivity contribution in [2.24, 2.45) is 5.10 Å². The van der Waals surface area contributed by atoms with Crippen LogP contribution in [-0.4, -0.2) is 35.9 Å². The summed E-state index contributed by atoms with van der Waals surface area (Å²) in [6, 6.07) is 8.85. The minimum absolute atomic E-state index is 0.0103. The highest BCUT2D eigenvalue weighted by atomic mass is 79.9. The predicted octanol–water partition coefficient (Wildman–Crippen LogP) is 2.60. The first-order chi connectivity index (χ1) is 12.4. The minimum atomic E-state index is -0.596. The van der Waals surface area contributed by atoms with Crippen molar-refractivity contribution in [3.63, 3.8) is 0 Å². The maximum Gasteiger partial charge on any atom is 0.310 e. The number of para-hydroxylation sites is 2. The number of rotatable bonds is 7. The molecule has 0 saturated carbocycles. The van der Waals surface area contributed by atoms with Crippen molar-refractivity contribution < 1.29 is 24.3 Å². The minimum Gasteiger partial charge on any atom is -0.503 e. The maximum atomic E-state index is 11.7. The number of hydrogen-bond acceptors (Lipinski definition) is 7. The Balaban J connectivity index is 1.94.